The Balaban J connectivity index is 1.99. The van der Waals surface area contributed by atoms with Gasteiger partial charge in [-0.15, -0.1) is 0 Å². The molecule has 0 spiro atoms. The van der Waals surface area contributed by atoms with Crippen LogP contribution in [0.1, 0.15) is 37.8 Å². The molecule has 0 aromatic heterocycles. The summed E-state index contributed by atoms with van der Waals surface area (Å²) in [5.41, 5.74) is 3.82. The number of allylic oxidation sites excluding steroid dienone is 6. The summed E-state index contributed by atoms with van der Waals surface area (Å²) in [4.78, 5) is 0. The van der Waals surface area contributed by atoms with Gasteiger partial charge in [-0.2, -0.15) is 0 Å². The van der Waals surface area contributed by atoms with Crippen LogP contribution in [-0.4, -0.2) is 8.42 Å². The summed E-state index contributed by atoms with van der Waals surface area (Å²) in [6, 6.07) is 19.3. The molecule has 3 heteroatoms. The van der Waals surface area contributed by atoms with Gasteiger partial charge in [0.25, 0.3) is 0 Å². The first-order valence-corrected chi connectivity index (χ1v) is 11.5. The second-order valence-corrected chi connectivity index (χ2v) is 10.4. The van der Waals surface area contributed by atoms with Gasteiger partial charge in [-0.3, -0.25) is 0 Å². The zero-order valence-electron chi connectivity index (χ0n) is 16.9. The molecule has 0 bridgehead atoms. The van der Waals surface area contributed by atoms with Crippen LogP contribution in [0.15, 0.2) is 108 Å². The van der Waals surface area contributed by atoms with Crippen LogP contribution in [-0.2, 0) is 19.3 Å². The van der Waals surface area contributed by atoms with Crippen LogP contribution >= 0.6 is 0 Å². The predicted octanol–water partition coefficient (Wildman–Crippen LogP) is 6.00. The minimum atomic E-state index is -3.72. The zero-order valence-corrected chi connectivity index (χ0v) is 17.7. The Hall–Kier alpha value is -2.65. The minimum Gasteiger partial charge on any atom is -0.226 e. The Labute approximate surface area is 173 Å². The van der Waals surface area contributed by atoms with Crippen LogP contribution in [0, 0.1) is 0 Å². The van der Waals surface area contributed by atoms with E-state index in [1.165, 1.54) is 0 Å². The smallest absolute Gasteiger partial charge is 0.177 e. The monoisotopic (exact) mass is 402 g/mol. The lowest BCUT2D eigenvalue weighted by atomic mass is 9.88. The number of sulfone groups is 1. The molecule has 0 heterocycles. The molecule has 0 saturated carbocycles. The summed E-state index contributed by atoms with van der Waals surface area (Å²) in [6.45, 7) is 4.02. The summed E-state index contributed by atoms with van der Waals surface area (Å²) in [6.07, 6.45) is 12.6. The van der Waals surface area contributed by atoms with Crippen LogP contribution in [0.25, 0.3) is 0 Å². The topological polar surface area (TPSA) is 34.1 Å². The van der Waals surface area contributed by atoms with E-state index in [0.29, 0.717) is 12.8 Å². The molecule has 0 N–H and O–H groups in total. The van der Waals surface area contributed by atoms with Crippen LogP contribution in [0.2, 0.25) is 0 Å². The van der Waals surface area contributed by atoms with Crippen LogP contribution < -0.4 is 0 Å². The molecule has 0 radical (unpaired) electrons. The predicted molar refractivity (Wildman–Crippen MR) is 120 cm³/mol. The van der Waals surface area contributed by atoms with E-state index in [-0.39, 0.29) is 0 Å². The Kier molecular flexibility index (Phi) is 4.95. The van der Waals surface area contributed by atoms with Gasteiger partial charge in [0.15, 0.2) is 9.84 Å². The third-order valence-corrected chi connectivity index (χ3v) is 9.16. The van der Waals surface area contributed by atoms with E-state index in [2.05, 4.69) is 0 Å². The summed E-state index contributed by atoms with van der Waals surface area (Å²) >= 11 is 0. The summed E-state index contributed by atoms with van der Waals surface area (Å²) < 4.78 is 27.1. The quantitative estimate of drug-likeness (QED) is 0.628. The molecule has 0 saturated heterocycles. The Morgan fingerprint density at radius 2 is 1.03 bits per heavy atom. The zero-order chi connectivity index (χ0) is 20.5. The molecule has 0 amide bonds. The lowest BCUT2D eigenvalue weighted by Gasteiger charge is -2.42. The highest BCUT2D eigenvalue weighted by atomic mass is 32.2. The SMILES string of the molecule is CC1=CCC(c2ccccc2)(S(=O)(=O)C2(c3ccccc3)C=CC(C)=CC2)C=C1. The largest absolute Gasteiger partial charge is 0.226 e. The lowest BCUT2D eigenvalue weighted by molar-refractivity contribution is 0.519. The van der Waals surface area contributed by atoms with Crippen molar-refractivity contribution in [2.75, 3.05) is 0 Å². The molecule has 2 aromatic rings. The average Bonchev–Trinajstić information content (AvgIpc) is 2.76. The third-order valence-electron chi connectivity index (χ3n) is 6.17. The number of hydrogen-bond donors (Lipinski definition) is 0. The maximum Gasteiger partial charge on any atom is 0.177 e. The fraction of sp³-hybridized carbons (Fsp3) is 0.231. The fourth-order valence-corrected chi connectivity index (χ4v) is 6.97. The Bertz CT molecular complexity index is 1040. The highest BCUT2D eigenvalue weighted by Crippen LogP contribution is 2.51. The van der Waals surface area contributed by atoms with Gasteiger partial charge in [-0.05, 0) is 37.8 Å². The average molecular weight is 403 g/mol. The van der Waals surface area contributed by atoms with Gasteiger partial charge in [-0.1, -0.05) is 108 Å². The first kappa shape index (κ1) is 19.7. The maximum absolute atomic E-state index is 14.6. The highest BCUT2D eigenvalue weighted by Gasteiger charge is 2.55. The molecule has 148 valence electrons. The van der Waals surface area contributed by atoms with Gasteiger partial charge < -0.3 is 0 Å². The van der Waals surface area contributed by atoms with Gasteiger partial charge in [-0.25, -0.2) is 8.42 Å². The van der Waals surface area contributed by atoms with Crippen molar-refractivity contribution in [3.63, 3.8) is 0 Å². The van der Waals surface area contributed by atoms with Crippen molar-refractivity contribution in [1.82, 2.24) is 0 Å². The summed E-state index contributed by atoms with van der Waals surface area (Å²) in [7, 11) is -3.72. The van der Waals surface area contributed by atoms with Gasteiger partial charge >= 0.3 is 0 Å². The van der Waals surface area contributed by atoms with Gasteiger partial charge in [0, 0.05) is 0 Å². The van der Waals surface area contributed by atoms with E-state index in [1.807, 2.05) is 111 Å². The van der Waals surface area contributed by atoms with E-state index in [9.17, 15) is 8.42 Å². The minimum absolute atomic E-state index is 0.437. The van der Waals surface area contributed by atoms with Crippen molar-refractivity contribution in [2.24, 2.45) is 0 Å². The third kappa shape index (κ3) is 3.05. The van der Waals surface area contributed by atoms with Crippen molar-refractivity contribution in [3.8, 4) is 0 Å². The van der Waals surface area contributed by atoms with Crippen LogP contribution in [0.3, 0.4) is 0 Å². The molecule has 2 atom stereocenters. The fourth-order valence-electron chi connectivity index (χ4n) is 4.33. The van der Waals surface area contributed by atoms with E-state index in [1.54, 1.807) is 0 Å². The van der Waals surface area contributed by atoms with Crippen molar-refractivity contribution in [2.45, 2.75) is 36.2 Å². The number of rotatable bonds is 4. The molecule has 0 fully saturated rings. The molecule has 0 aliphatic heterocycles. The Morgan fingerprint density at radius 3 is 1.34 bits per heavy atom. The van der Waals surface area contributed by atoms with Crippen LogP contribution in [0.4, 0.5) is 0 Å². The van der Waals surface area contributed by atoms with E-state index in [4.69, 9.17) is 0 Å². The molecule has 2 aliphatic rings. The summed E-state index contributed by atoms with van der Waals surface area (Å²) in [5, 5.41) is 0. The molecule has 4 rings (SSSR count). The Morgan fingerprint density at radius 1 is 0.655 bits per heavy atom. The van der Waals surface area contributed by atoms with Gasteiger partial charge in [0.1, 0.15) is 9.49 Å². The van der Waals surface area contributed by atoms with Gasteiger partial charge in [0.2, 0.25) is 0 Å². The first-order chi connectivity index (χ1) is 13.9. The van der Waals surface area contributed by atoms with Crippen molar-refractivity contribution in [3.05, 3.63) is 119 Å². The lowest BCUT2D eigenvalue weighted by Crippen LogP contribution is -2.47. The number of benzene rings is 2. The summed E-state index contributed by atoms with van der Waals surface area (Å²) in [5.74, 6) is 0. The molecule has 2 aliphatic carbocycles. The van der Waals surface area contributed by atoms with Crippen LogP contribution in [0.5, 0.6) is 0 Å². The normalized spacial score (nSPS) is 26.7. The van der Waals surface area contributed by atoms with E-state index < -0.39 is 19.3 Å². The molecule has 2 nitrogen and oxygen atoms in total. The van der Waals surface area contributed by atoms with Gasteiger partial charge in [0.05, 0.1) is 0 Å². The second kappa shape index (κ2) is 7.31. The standard InChI is InChI=1S/C26H26O2S/c1-21-13-17-25(18-14-21,23-9-5-3-6-10-23)29(27,28)26(19-15-22(2)16-20-26)24-11-7-4-8-12-24/h3-17,19H,18,20H2,1-2H3. The molecule has 29 heavy (non-hydrogen) atoms. The second-order valence-electron chi connectivity index (χ2n) is 7.99. The molecule has 2 aromatic carbocycles. The van der Waals surface area contributed by atoms with Crippen molar-refractivity contribution < 1.29 is 8.42 Å². The molecular weight excluding hydrogens is 376 g/mol. The molecule has 2 unspecified atom stereocenters. The van der Waals surface area contributed by atoms with E-state index in [0.717, 1.165) is 22.3 Å². The number of hydrogen-bond acceptors (Lipinski definition) is 2. The van der Waals surface area contributed by atoms with E-state index >= 15 is 0 Å². The first-order valence-electron chi connectivity index (χ1n) is 9.99. The highest BCUT2D eigenvalue weighted by molar-refractivity contribution is 7.93. The molecular formula is C26H26O2S. The van der Waals surface area contributed by atoms with Crippen molar-refractivity contribution in [1.29, 1.82) is 0 Å². The maximum atomic E-state index is 14.6. The van der Waals surface area contributed by atoms with Crippen molar-refractivity contribution >= 4 is 9.84 Å².